The summed E-state index contributed by atoms with van der Waals surface area (Å²) >= 11 is 0. The minimum Gasteiger partial charge on any atom is -0.505 e. The molecule has 0 unspecified atom stereocenters. The minimum absolute atomic E-state index is 0.0366. The second kappa shape index (κ2) is 7.36. The Morgan fingerprint density at radius 3 is 2.64 bits per heavy atom. The van der Waals surface area contributed by atoms with Crippen molar-refractivity contribution >= 4 is 61.3 Å². The molecule has 162 valence electrons. The number of aromatic nitrogens is 4. The van der Waals surface area contributed by atoms with Crippen LogP contribution in [0.3, 0.4) is 0 Å². The molecule has 1 aliphatic heterocycles. The molecule has 33 heavy (non-hydrogen) atoms. The smallest absolute Gasteiger partial charge is 0.332 e. The molecule has 8 nitrogen and oxygen atoms in total. The van der Waals surface area contributed by atoms with Crippen molar-refractivity contribution in [1.29, 1.82) is 0 Å². The van der Waals surface area contributed by atoms with Crippen molar-refractivity contribution in [2.75, 3.05) is 13.2 Å². The second-order valence-electron chi connectivity index (χ2n) is 9.60. The predicted octanol–water partition coefficient (Wildman–Crippen LogP) is -2.56. The molecule has 0 aliphatic carbocycles. The van der Waals surface area contributed by atoms with Gasteiger partial charge in [0.15, 0.2) is 17.1 Å². The first-order valence-electron chi connectivity index (χ1n) is 10.7. The molecule has 0 saturated carbocycles. The Morgan fingerprint density at radius 2 is 1.88 bits per heavy atom. The van der Waals surface area contributed by atoms with Gasteiger partial charge in [0.25, 0.3) is 0 Å². The van der Waals surface area contributed by atoms with Gasteiger partial charge in [-0.05, 0) is 6.07 Å². The summed E-state index contributed by atoms with van der Waals surface area (Å²) in [6, 6.07) is 4.51. The second-order valence-corrected chi connectivity index (χ2v) is 9.60. The lowest BCUT2D eigenvalue weighted by molar-refractivity contribution is 0.173. The first-order chi connectivity index (χ1) is 15.6. The molecule has 14 heteroatoms. The van der Waals surface area contributed by atoms with Crippen molar-refractivity contribution in [3.05, 3.63) is 46.9 Å². The molecule has 0 spiro atoms. The number of ether oxygens (including phenoxy) is 3. The number of benzene rings is 1. The Morgan fingerprint density at radius 1 is 1.12 bits per heavy atom. The van der Waals surface area contributed by atoms with Crippen molar-refractivity contribution < 1.29 is 18.6 Å². The van der Waals surface area contributed by atoms with Gasteiger partial charge in [0.2, 0.25) is 0 Å². The molecule has 0 radical (unpaired) electrons. The molecule has 0 fully saturated rings. The third-order valence-electron chi connectivity index (χ3n) is 6.39. The number of halogens is 1. The number of fused-ring (bicyclic) bond motifs is 4. The first kappa shape index (κ1) is 21.5. The zero-order valence-electron chi connectivity index (χ0n) is 19.2. The molecular weight excluding hydrogens is 421 g/mol. The lowest BCUT2D eigenvalue weighted by atomic mass is 9.28. The molecule has 4 aromatic rings. The average Bonchev–Trinajstić information content (AvgIpc) is 3.08. The summed E-state index contributed by atoms with van der Waals surface area (Å²) in [4.78, 5) is 24.3. The van der Waals surface area contributed by atoms with Crippen molar-refractivity contribution in [2.45, 2.75) is 10.5 Å². The van der Waals surface area contributed by atoms with Gasteiger partial charge in [-0.3, -0.25) is 14.5 Å². The van der Waals surface area contributed by atoms with Gasteiger partial charge in [-0.2, -0.15) is 0 Å². The normalized spacial score (nSPS) is 14.0. The fraction of sp³-hybridized carbons (Fsp3) is 0.211. The number of rotatable bonds is 4. The van der Waals surface area contributed by atoms with Crippen molar-refractivity contribution in [3.8, 4) is 22.9 Å². The van der Waals surface area contributed by atoms with E-state index in [1.807, 2.05) is 15.7 Å². The number of nitrogens with one attached hydrogen (secondary N) is 1. The Hall–Kier alpha value is -3.30. The van der Waals surface area contributed by atoms with Crippen LogP contribution in [0.25, 0.3) is 27.8 Å². The van der Waals surface area contributed by atoms with E-state index >= 15 is 4.39 Å². The zero-order chi connectivity index (χ0) is 23.5. The van der Waals surface area contributed by atoms with Gasteiger partial charge < -0.3 is 14.2 Å². The van der Waals surface area contributed by atoms with Crippen molar-refractivity contribution in [3.63, 3.8) is 0 Å². The number of aromatic amines is 1. The van der Waals surface area contributed by atoms with Gasteiger partial charge in [0, 0.05) is 29.1 Å². The van der Waals surface area contributed by atoms with E-state index in [1.54, 1.807) is 18.3 Å². The SMILES string of the molecule is BC(B)(B)C(B)(B)Oc1ccnc2[nH]c(=O)n(-c3cc4c5c(cnc4cc3F)OCCO5)c12. The molecule has 0 saturated heterocycles. The van der Waals surface area contributed by atoms with Gasteiger partial charge in [0.1, 0.15) is 46.0 Å². The topological polar surface area (TPSA) is 91.3 Å². The molecule has 1 aliphatic rings. The molecule has 0 amide bonds. The fourth-order valence-corrected chi connectivity index (χ4v) is 3.62. The van der Waals surface area contributed by atoms with E-state index < -0.39 is 16.9 Å². The third kappa shape index (κ3) is 3.48. The predicted molar refractivity (Wildman–Crippen MR) is 137 cm³/mol. The van der Waals surface area contributed by atoms with Gasteiger partial charge in [0.05, 0.1) is 40.9 Å². The van der Waals surface area contributed by atoms with Gasteiger partial charge in [-0.1, -0.05) is 5.11 Å². The molecule has 3 aromatic heterocycles. The Labute approximate surface area is 193 Å². The van der Waals surface area contributed by atoms with Crippen LogP contribution in [0.1, 0.15) is 0 Å². The van der Waals surface area contributed by atoms with Crippen LogP contribution in [0.15, 0.2) is 35.4 Å². The molecular formula is C19H20B5FN4O4. The van der Waals surface area contributed by atoms with Crippen LogP contribution in [0.4, 0.5) is 4.39 Å². The van der Waals surface area contributed by atoms with Crippen LogP contribution in [0.2, 0.25) is 5.11 Å². The average molecular weight is 441 g/mol. The maximum atomic E-state index is 15.3. The lowest BCUT2D eigenvalue weighted by Crippen LogP contribution is -2.51. The quantitative estimate of drug-likeness (QED) is 0.351. The van der Waals surface area contributed by atoms with Crippen LogP contribution in [-0.4, -0.2) is 77.4 Å². The molecule has 1 aromatic carbocycles. The van der Waals surface area contributed by atoms with E-state index in [0.29, 0.717) is 52.5 Å². The summed E-state index contributed by atoms with van der Waals surface area (Å²) < 4.78 is 34.3. The number of imidazole rings is 1. The molecule has 0 atom stereocenters. The Bertz CT molecular complexity index is 1470. The van der Waals surface area contributed by atoms with Crippen molar-refractivity contribution in [1.82, 2.24) is 19.5 Å². The maximum absolute atomic E-state index is 15.3. The highest BCUT2D eigenvalue weighted by Gasteiger charge is 2.35. The summed E-state index contributed by atoms with van der Waals surface area (Å²) in [6.45, 7) is 0.779. The molecule has 5 rings (SSSR count). The van der Waals surface area contributed by atoms with Gasteiger partial charge >= 0.3 is 5.69 Å². The Balaban J connectivity index is 1.76. The summed E-state index contributed by atoms with van der Waals surface area (Å²) in [5.74, 6) is 0.768. The number of H-pyrrole nitrogens is 1. The van der Waals surface area contributed by atoms with Crippen LogP contribution in [0, 0.1) is 5.82 Å². The summed E-state index contributed by atoms with van der Waals surface area (Å²) in [7, 11) is 10.1. The zero-order valence-corrected chi connectivity index (χ0v) is 19.2. The van der Waals surface area contributed by atoms with E-state index in [4.69, 9.17) is 14.2 Å². The van der Waals surface area contributed by atoms with Crippen LogP contribution < -0.4 is 19.9 Å². The molecule has 1 N–H and O–H groups in total. The molecule has 4 heterocycles. The van der Waals surface area contributed by atoms with E-state index in [2.05, 4.69) is 38.5 Å². The minimum atomic E-state index is -0.612. The molecule has 0 bridgehead atoms. The highest BCUT2D eigenvalue weighted by atomic mass is 19.1. The van der Waals surface area contributed by atoms with Crippen molar-refractivity contribution in [2.24, 2.45) is 0 Å². The van der Waals surface area contributed by atoms with Gasteiger partial charge in [-0.15, -0.1) is 0 Å². The number of hydrogen-bond acceptors (Lipinski definition) is 6. The lowest BCUT2D eigenvalue weighted by Gasteiger charge is -2.40. The number of pyridine rings is 2. The van der Waals surface area contributed by atoms with E-state index in [-0.39, 0.29) is 10.8 Å². The number of hydrogen-bond donors (Lipinski definition) is 1. The summed E-state index contributed by atoms with van der Waals surface area (Å²) in [5, 5.41) is -0.248. The van der Waals surface area contributed by atoms with Crippen LogP contribution in [-0.2, 0) is 0 Å². The fourth-order valence-electron chi connectivity index (χ4n) is 3.62. The van der Waals surface area contributed by atoms with E-state index in [9.17, 15) is 4.79 Å². The largest absolute Gasteiger partial charge is 0.505 e. The monoisotopic (exact) mass is 442 g/mol. The number of nitrogens with zero attached hydrogens (tertiary/aromatic N) is 3. The Kier molecular flexibility index (Phi) is 4.81. The highest BCUT2D eigenvalue weighted by molar-refractivity contribution is 6.66. The van der Waals surface area contributed by atoms with E-state index in [0.717, 1.165) is 0 Å². The van der Waals surface area contributed by atoms with Gasteiger partial charge in [-0.25, -0.2) is 14.2 Å². The first-order valence-corrected chi connectivity index (χ1v) is 10.7. The van der Waals surface area contributed by atoms with E-state index in [1.165, 1.54) is 16.8 Å². The third-order valence-corrected chi connectivity index (χ3v) is 6.39. The van der Waals surface area contributed by atoms with Crippen LogP contribution in [0.5, 0.6) is 17.2 Å². The maximum Gasteiger partial charge on any atom is 0.332 e. The highest BCUT2D eigenvalue weighted by Crippen LogP contribution is 2.39. The van der Waals surface area contributed by atoms with Crippen LogP contribution >= 0.6 is 0 Å². The standard InChI is InChI=1S/C19H20B5FN4O4/c20-18(21,22)19(23,24)33-12-1-2-26-16-14(12)29(17(30)28-16)11-5-8-10(6-9(11)25)27-7-13-15(8)32-4-3-31-13/h1-2,5-7H,3-4,20-24H2,(H,26,28,30). The summed E-state index contributed by atoms with van der Waals surface area (Å²) in [5.41, 5.74) is 0.559. The summed E-state index contributed by atoms with van der Waals surface area (Å²) in [6.07, 6.45) is 3.07.